The highest BCUT2D eigenvalue weighted by Crippen LogP contribution is 2.40. The van der Waals surface area contributed by atoms with Crippen molar-refractivity contribution in [1.82, 2.24) is 4.98 Å². The molecule has 0 saturated heterocycles. The molecule has 2 aromatic heterocycles. The topological polar surface area (TPSA) is 28.9 Å². The standard InChI is InChI=1S/C40H25NO/c1-2-13-29-25(9-1)10-6-15-30(29)26-11-5-12-27(23-26)31-16-7-18-34-36-24-28(21-22-37(36)41-39(31)34)32-17-8-19-35-33-14-3-4-20-38(33)42-40(32)35/h1-24,41H. The van der Waals surface area contributed by atoms with Crippen LogP contribution in [0.3, 0.4) is 0 Å². The van der Waals surface area contributed by atoms with Crippen LogP contribution in [0.15, 0.2) is 150 Å². The van der Waals surface area contributed by atoms with E-state index in [4.69, 9.17) is 4.42 Å². The predicted octanol–water partition coefficient (Wildman–Crippen LogP) is 11.4. The monoisotopic (exact) mass is 535 g/mol. The lowest BCUT2D eigenvalue weighted by Gasteiger charge is -2.10. The number of hydrogen-bond acceptors (Lipinski definition) is 1. The Morgan fingerprint density at radius 3 is 1.98 bits per heavy atom. The molecule has 0 aliphatic carbocycles. The highest BCUT2D eigenvalue weighted by atomic mass is 16.3. The molecule has 2 heterocycles. The first-order valence-electron chi connectivity index (χ1n) is 14.4. The first-order valence-corrected chi connectivity index (χ1v) is 14.4. The van der Waals surface area contributed by atoms with Crippen LogP contribution in [0.2, 0.25) is 0 Å². The quantitative estimate of drug-likeness (QED) is 0.239. The zero-order valence-corrected chi connectivity index (χ0v) is 22.8. The van der Waals surface area contributed by atoms with Gasteiger partial charge >= 0.3 is 0 Å². The molecule has 9 aromatic rings. The Kier molecular flexibility index (Phi) is 4.93. The van der Waals surface area contributed by atoms with Gasteiger partial charge in [-0.1, -0.05) is 121 Å². The number of aromatic nitrogens is 1. The average molecular weight is 536 g/mol. The molecule has 2 heteroatoms. The number of rotatable bonds is 3. The number of para-hydroxylation sites is 3. The summed E-state index contributed by atoms with van der Waals surface area (Å²) in [5, 5.41) is 7.26. The largest absolute Gasteiger partial charge is 0.455 e. The minimum Gasteiger partial charge on any atom is -0.455 e. The number of nitrogens with one attached hydrogen (secondary N) is 1. The number of benzene rings is 7. The molecule has 0 aliphatic heterocycles. The second-order valence-electron chi connectivity index (χ2n) is 11.0. The molecule has 42 heavy (non-hydrogen) atoms. The van der Waals surface area contributed by atoms with Crippen molar-refractivity contribution in [3.8, 4) is 33.4 Å². The second kappa shape index (κ2) is 8.95. The Balaban J connectivity index is 1.20. The number of H-pyrrole nitrogens is 1. The fourth-order valence-corrected chi connectivity index (χ4v) is 6.64. The van der Waals surface area contributed by atoms with Crippen molar-refractivity contribution in [3.05, 3.63) is 146 Å². The van der Waals surface area contributed by atoms with Gasteiger partial charge in [0.15, 0.2) is 0 Å². The first-order chi connectivity index (χ1) is 20.8. The van der Waals surface area contributed by atoms with E-state index < -0.39 is 0 Å². The van der Waals surface area contributed by atoms with E-state index in [1.807, 2.05) is 12.1 Å². The third kappa shape index (κ3) is 3.45. The molecule has 0 radical (unpaired) electrons. The molecule has 0 aliphatic rings. The van der Waals surface area contributed by atoms with Crippen LogP contribution in [0, 0.1) is 0 Å². The van der Waals surface area contributed by atoms with Gasteiger partial charge < -0.3 is 9.40 Å². The van der Waals surface area contributed by atoms with Crippen molar-refractivity contribution in [1.29, 1.82) is 0 Å². The minimum atomic E-state index is 0.920. The molecule has 0 amide bonds. The van der Waals surface area contributed by atoms with Gasteiger partial charge in [0.2, 0.25) is 0 Å². The van der Waals surface area contributed by atoms with E-state index in [-0.39, 0.29) is 0 Å². The molecule has 7 aromatic carbocycles. The molecule has 0 fully saturated rings. The summed E-state index contributed by atoms with van der Waals surface area (Å²) in [4.78, 5) is 3.75. The Morgan fingerprint density at radius 2 is 1.05 bits per heavy atom. The molecule has 9 rings (SSSR count). The van der Waals surface area contributed by atoms with E-state index in [0.29, 0.717) is 0 Å². The molecule has 0 unspecified atom stereocenters. The lowest BCUT2D eigenvalue weighted by Crippen LogP contribution is -1.84. The van der Waals surface area contributed by atoms with Crippen molar-refractivity contribution in [2.45, 2.75) is 0 Å². The van der Waals surface area contributed by atoms with Gasteiger partial charge in [-0.3, -0.25) is 0 Å². The summed E-state index contributed by atoms with van der Waals surface area (Å²) < 4.78 is 6.36. The van der Waals surface area contributed by atoms with Gasteiger partial charge in [-0.2, -0.15) is 0 Å². The van der Waals surface area contributed by atoms with Crippen LogP contribution in [0.5, 0.6) is 0 Å². The summed E-state index contributed by atoms with van der Waals surface area (Å²) in [6, 6.07) is 52.0. The van der Waals surface area contributed by atoms with Crippen LogP contribution in [-0.4, -0.2) is 4.98 Å². The Morgan fingerprint density at radius 1 is 0.405 bits per heavy atom. The van der Waals surface area contributed by atoms with Crippen LogP contribution in [0.1, 0.15) is 0 Å². The number of furan rings is 1. The smallest absolute Gasteiger partial charge is 0.143 e. The molecular weight excluding hydrogens is 510 g/mol. The third-order valence-electron chi connectivity index (χ3n) is 8.62. The first kappa shape index (κ1) is 23.1. The van der Waals surface area contributed by atoms with Crippen molar-refractivity contribution < 1.29 is 4.42 Å². The number of fused-ring (bicyclic) bond motifs is 7. The van der Waals surface area contributed by atoms with Crippen LogP contribution in [-0.2, 0) is 0 Å². The molecule has 1 N–H and O–H groups in total. The summed E-state index contributed by atoms with van der Waals surface area (Å²) in [6.07, 6.45) is 0. The van der Waals surface area contributed by atoms with E-state index in [0.717, 1.165) is 44.1 Å². The number of hydrogen-bond donors (Lipinski definition) is 1. The fourth-order valence-electron chi connectivity index (χ4n) is 6.64. The zero-order chi connectivity index (χ0) is 27.6. The van der Waals surface area contributed by atoms with Crippen molar-refractivity contribution in [3.63, 3.8) is 0 Å². The molecule has 2 nitrogen and oxygen atoms in total. The van der Waals surface area contributed by atoms with E-state index in [1.54, 1.807) is 0 Å². The van der Waals surface area contributed by atoms with E-state index >= 15 is 0 Å². The lowest BCUT2D eigenvalue weighted by atomic mass is 9.94. The zero-order valence-electron chi connectivity index (χ0n) is 22.8. The molecule has 0 spiro atoms. The van der Waals surface area contributed by atoms with Crippen molar-refractivity contribution in [2.24, 2.45) is 0 Å². The van der Waals surface area contributed by atoms with Crippen molar-refractivity contribution >= 4 is 54.5 Å². The van der Waals surface area contributed by atoms with Gasteiger partial charge in [0.25, 0.3) is 0 Å². The van der Waals surface area contributed by atoms with Gasteiger partial charge in [0.1, 0.15) is 11.2 Å². The van der Waals surface area contributed by atoms with Gasteiger partial charge in [-0.05, 0) is 57.3 Å². The highest BCUT2D eigenvalue weighted by Gasteiger charge is 2.15. The second-order valence-corrected chi connectivity index (χ2v) is 11.0. The normalized spacial score (nSPS) is 11.8. The summed E-state index contributed by atoms with van der Waals surface area (Å²) in [6.45, 7) is 0. The van der Waals surface area contributed by atoms with Crippen LogP contribution in [0.25, 0.3) is 87.9 Å². The lowest BCUT2D eigenvalue weighted by molar-refractivity contribution is 0.670. The van der Waals surface area contributed by atoms with Gasteiger partial charge in [0, 0.05) is 38.2 Å². The van der Waals surface area contributed by atoms with E-state index in [1.165, 1.54) is 43.8 Å². The molecular formula is C40H25NO. The van der Waals surface area contributed by atoms with E-state index in [2.05, 4.69) is 138 Å². The summed E-state index contributed by atoms with van der Waals surface area (Å²) >= 11 is 0. The Hall–Kier alpha value is -5.60. The van der Waals surface area contributed by atoms with Crippen LogP contribution < -0.4 is 0 Å². The predicted molar refractivity (Wildman–Crippen MR) is 177 cm³/mol. The maximum absolute atomic E-state index is 6.36. The molecule has 196 valence electrons. The van der Waals surface area contributed by atoms with Crippen LogP contribution >= 0.6 is 0 Å². The number of aromatic amines is 1. The van der Waals surface area contributed by atoms with Gasteiger partial charge in [0.05, 0.1) is 5.52 Å². The maximum atomic E-state index is 6.36. The van der Waals surface area contributed by atoms with Gasteiger partial charge in [-0.25, -0.2) is 0 Å². The summed E-state index contributed by atoms with van der Waals surface area (Å²) in [7, 11) is 0. The Labute approximate surface area is 242 Å². The molecule has 0 saturated carbocycles. The third-order valence-corrected chi connectivity index (χ3v) is 8.62. The van der Waals surface area contributed by atoms with E-state index in [9.17, 15) is 0 Å². The maximum Gasteiger partial charge on any atom is 0.143 e. The van der Waals surface area contributed by atoms with Crippen molar-refractivity contribution in [2.75, 3.05) is 0 Å². The fraction of sp³-hybridized carbons (Fsp3) is 0. The molecule has 0 atom stereocenters. The molecule has 0 bridgehead atoms. The Bertz CT molecular complexity index is 2470. The van der Waals surface area contributed by atoms with Crippen LogP contribution in [0.4, 0.5) is 0 Å². The SMILES string of the molecule is c1cc(-c2cccc3ccccc23)cc(-c2cccc3c2[nH]c2ccc(-c4cccc5c4oc4ccccc45)cc23)c1. The highest BCUT2D eigenvalue weighted by molar-refractivity contribution is 6.14. The van der Waals surface area contributed by atoms with Gasteiger partial charge in [-0.15, -0.1) is 0 Å². The minimum absolute atomic E-state index is 0.920. The summed E-state index contributed by atoms with van der Waals surface area (Å²) in [5.41, 5.74) is 11.3. The average Bonchev–Trinajstić information content (AvgIpc) is 3.63. The summed E-state index contributed by atoms with van der Waals surface area (Å²) in [5.74, 6) is 0.